The van der Waals surface area contributed by atoms with Crippen molar-refractivity contribution in [1.82, 2.24) is 9.97 Å². The Balaban J connectivity index is 2.06. The van der Waals surface area contributed by atoms with E-state index in [1.54, 1.807) is 0 Å². The van der Waals surface area contributed by atoms with Gasteiger partial charge >= 0.3 is 0 Å². The molecule has 20 heavy (non-hydrogen) atoms. The Hall–Kier alpha value is -1.90. The third-order valence-electron chi connectivity index (χ3n) is 3.76. The van der Waals surface area contributed by atoms with Gasteiger partial charge in [0, 0.05) is 24.4 Å². The highest BCUT2D eigenvalue weighted by atomic mass is 15.0. The van der Waals surface area contributed by atoms with Gasteiger partial charge in [-0.25, -0.2) is 9.97 Å². The third kappa shape index (κ3) is 2.67. The molecule has 0 aliphatic heterocycles. The van der Waals surface area contributed by atoms with E-state index in [0.29, 0.717) is 5.92 Å². The van der Waals surface area contributed by atoms with Crippen LogP contribution in [0.3, 0.4) is 0 Å². The molecule has 2 aromatic rings. The molecule has 0 radical (unpaired) electrons. The minimum absolute atomic E-state index is 0.711. The topological polar surface area (TPSA) is 37.8 Å². The van der Waals surface area contributed by atoms with Crippen molar-refractivity contribution in [2.75, 3.05) is 12.4 Å². The van der Waals surface area contributed by atoms with Gasteiger partial charge in [-0.15, -0.1) is 0 Å². The van der Waals surface area contributed by atoms with Crippen molar-refractivity contribution in [2.45, 2.75) is 38.5 Å². The Labute approximate surface area is 120 Å². The average Bonchev–Trinajstić information content (AvgIpc) is 3.32. The molecule has 0 atom stereocenters. The number of nitrogens with one attached hydrogen (secondary N) is 1. The number of benzene rings is 1. The van der Waals surface area contributed by atoms with Crippen LogP contribution >= 0.6 is 0 Å². The lowest BCUT2D eigenvalue weighted by atomic mass is 10.0. The summed E-state index contributed by atoms with van der Waals surface area (Å²) in [7, 11) is 1.91. The summed E-state index contributed by atoms with van der Waals surface area (Å²) in [6.45, 7) is 2.18. The van der Waals surface area contributed by atoms with E-state index >= 15 is 0 Å². The van der Waals surface area contributed by atoms with Crippen LogP contribution in [0.5, 0.6) is 0 Å². The molecule has 3 heteroatoms. The number of nitrogens with zero attached hydrogens (tertiary/aromatic N) is 2. The molecule has 1 aromatic heterocycles. The summed E-state index contributed by atoms with van der Waals surface area (Å²) in [5.41, 5.74) is 3.72. The molecule has 1 heterocycles. The number of hydrogen-bond acceptors (Lipinski definition) is 3. The monoisotopic (exact) mass is 267 g/mol. The molecule has 104 valence electrons. The van der Waals surface area contributed by atoms with Gasteiger partial charge in [-0.05, 0) is 30.7 Å². The van der Waals surface area contributed by atoms with Gasteiger partial charge in [0.1, 0.15) is 5.82 Å². The minimum atomic E-state index is 0.711. The predicted molar refractivity (Wildman–Crippen MR) is 83.0 cm³/mol. The summed E-state index contributed by atoms with van der Waals surface area (Å²) in [6, 6.07) is 10.6. The van der Waals surface area contributed by atoms with Gasteiger partial charge in [0.25, 0.3) is 0 Å². The van der Waals surface area contributed by atoms with E-state index in [9.17, 15) is 0 Å². The molecule has 1 saturated carbocycles. The molecule has 0 saturated heterocycles. The molecule has 1 aromatic carbocycles. The van der Waals surface area contributed by atoms with Crippen LogP contribution in [0.1, 0.15) is 43.4 Å². The highest BCUT2D eigenvalue weighted by Crippen LogP contribution is 2.43. The summed E-state index contributed by atoms with van der Waals surface area (Å²) in [5.74, 6) is 2.48. The van der Waals surface area contributed by atoms with Crippen molar-refractivity contribution in [2.24, 2.45) is 0 Å². The Morgan fingerprint density at radius 3 is 2.70 bits per heavy atom. The van der Waals surface area contributed by atoms with Gasteiger partial charge in [0.2, 0.25) is 0 Å². The van der Waals surface area contributed by atoms with Crippen LogP contribution in [0.15, 0.2) is 30.3 Å². The second kappa shape index (κ2) is 5.61. The van der Waals surface area contributed by atoms with E-state index in [1.165, 1.54) is 24.0 Å². The fraction of sp³-hybridized carbons (Fsp3) is 0.412. The van der Waals surface area contributed by atoms with Gasteiger partial charge in [0.15, 0.2) is 5.82 Å². The Morgan fingerprint density at radius 1 is 1.20 bits per heavy atom. The highest BCUT2D eigenvalue weighted by Gasteiger charge is 2.26. The molecule has 1 fully saturated rings. The minimum Gasteiger partial charge on any atom is -0.373 e. The quantitative estimate of drug-likeness (QED) is 0.889. The predicted octanol–water partition coefficient (Wildman–Crippen LogP) is 4.02. The fourth-order valence-electron chi connectivity index (χ4n) is 2.58. The van der Waals surface area contributed by atoms with Gasteiger partial charge in [0.05, 0.1) is 0 Å². The lowest BCUT2D eigenvalue weighted by Gasteiger charge is -2.10. The first-order valence-corrected chi connectivity index (χ1v) is 7.46. The molecule has 0 amide bonds. The van der Waals surface area contributed by atoms with E-state index < -0.39 is 0 Å². The molecule has 1 aliphatic rings. The van der Waals surface area contributed by atoms with Crippen LogP contribution in [0.25, 0.3) is 11.4 Å². The number of hydrogen-bond donors (Lipinski definition) is 1. The summed E-state index contributed by atoms with van der Waals surface area (Å²) >= 11 is 0. The molecule has 0 spiro atoms. The second-order valence-corrected chi connectivity index (χ2v) is 5.43. The Bertz CT molecular complexity index is 603. The summed E-state index contributed by atoms with van der Waals surface area (Å²) in [4.78, 5) is 9.41. The zero-order chi connectivity index (χ0) is 13.9. The van der Waals surface area contributed by atoms with E-state index in [0.717, 1.165) is 30.2 Å². The molecular formula is C17H21N3. The van der Waals surface area contributed by atoms with Crippen molar-refractivity contribution in [3.8, 4) is 11.4 Å². The SMILES string of the molecule is CCCc1cc(NC)nc(-c2ccccc2C2CC2)n1. The smallest absolute Gasteiger partial charge is 0.162 e. The van der Waals surface area contributed by atoms with Crippen LogP contribution in [-0.4, -0.2) is 17.0 Å². The maximum atomic E-state index is 4.76. The van der Waals surface area contributed by atoms with Crippen molar-refractivity contribution in [1.29, 1.82) is 0 Å². The lowest BCUT2D eigenvalue weighted by molar-refractivity contribution is 0.875. The Morgan fingerprint density at radius 2 is 2.00 bits per heavy atom. The zero-order valence-electron chi connectivity index (χ0n) is 12.2. The first-order chi connectivity index (χ1) is 9.81. The van der Waals surface area contributed by atoms with Crippen LogP contribution < -0.4 is 5.32 Å². The molecule has 0 unspecified atom stereocenters. The zero-order valence-corrected chi connectivity index (χ0v) is 12.2. The number of aryl methyl sites for hydroxylation is 1. The molecule has 1 N–H and O–H groups in total. The van der Waals surface area contributed by atoms with Crippen molar-refractivity contribution in [3.63, 3.8) is 0 Å². The molecule has 3 rings (SSSR count). The maximum Gasteiger partial charge on any atom is 0.162 e. The normalized spacial score (nSPS) is 14.3. The summed E-state index contributed by atoms with van der Waals surface area (Å²) in [6.07, 6.45) is 4.69. The lowest BCUT2D eigenvalue weighted by Crippen LogP contribution is -2.02. The van der Waals surface area contributed by atoms with E-state index in [4.69, 9.17) is 4.98 Å². The van der Waals surface area contributed by atoms with E-state index in [1.807, 2.05) is 13.1 Å². The second-order valence-electron chi connectivity index (χ2n) is 5.43. The molecule has 3 nitrogen and oxygen atoms in total. The summed E-state index contributed by atoms with van der Waals surface area (Å²) < 4.78 is 0. The van der Waals surface area contributed by atoms with Gasteiger partial charge in [-0.1, -0.05) is 37.6 Å². The van der Waals surface area contributed by atoms with Gasteiger partial charge in [-0.2, -0.15) is 0 Å². The molecular weight excluding hydrogens is 246 g/mol. The number of aromatic nitrogens is 2. The van der Waals surface area contributed by atoms with E-state index in [2.05, 4.69) is 41.5 Å². The van der Waals surface area contributed by atoms with Crippen molar-refractivity contribution in [3.05, 3.63) is 41.6 Å². The van der Waals surface area contributed by atoms with Crippen molar-refractivity contribution >= 4 is 5.82 Å². The van der Waals surface area contributed by atoms with Crippen LogP contribution in [0.2, 0.25) is 0 Å². The van der Waals surface area contributed by atoms with Crippen LogP contribution in [0, 0.1) is 0 Å². The van der Waals surface area contributed by atoms with Crippen LogP contribution in [-0.2, 0) is 6.42 Å². The third-order valence-corrected chi connectivity index (χ3v) is 3.76. The number of rotatable bonds is 5. The average molecular weight is 267 g/mol. The van der Waals surface area contributed by atoms with Gasteiger partial charge in [-0.3, -0.25) is 0 Å². The van der Waals surface area contributed by atoms with Crippen molar-refractivity contribution < 1.29 is 0 Å². The Kier molecular flexibility index (Phi) is 3.68. The maximum absolute atomic E-state index is 4.76. The first-order valence-electron chi connectivity index (χ1n) is 7.46. The van der Waals surface area contributed by atoms with E-state index in [-0.39, 0.29) is 0 Å². The molecule has 0 bridgehead atoms. The highest BCUT2D eigenvalue weighted by molar-refractivity contribution is 5.63. The summed E-state index contributed by atoms with van der Waals surface area (Å²) in [5, 5.41) is 3.15. The number of anilines is 1. The largest absolute Gasteiger partial charge is 0.373 e. The first kappa shape index (κ1) is 13.1. The molecule has 1 aliphatic carbocycles. The fourth-order valence-corrected chi connectivity index (χ4v) is 2.58. The van der Waals surface area contributed by atoms with Crippen LogP contribution in [0.4, 0.5) is 5.82 Å². The van der Waals surface area contributed by atoms with Gasteiger partial charge < -0.3 is 5.32 Å². The standard InChI is InChI=1S/C17H21N3/c1-3-6-13-11-16(18-2)20-17(19-13)15-8-5-4-7-14(15)12-9-10-12/h4-5,7-8,11-12H,3,6,9-10H2,1-2H3,(H,18,19,20).